The van der Waals surface area contributed by atoms with E-state index < -0.39 is 0 Å². The third kappa shape index (κ3) is 4.65. The Hall–Kier alpha value is -1.05. The topological polar surface area (TPSA) is 29.1 Å². The van der Waals surface area contributed by atoms with Gasteiger partial charge in [-0.2, -0.15) is 0 Å². The smallest absolute Gasteiger partial charge is 0.225 e. The first-order chi connectivity index (χ1) is 7.50. The van der Waals surface area contributed by atoms with E-state index in [1.54, 1.807) is 0 Å². The molecule has 16 heavy (non-hydrogen) atoms. The van der Waals surface area contributed by atoms with Gasteiger partial charge in [-0.15, -0.1) is 0 Å². The van der Waals surface area contributed by atoms with Crippen molar-refractivity contribution in [3.63, 3.8) is 0 Å². The van der Waals surface area contributed by atoms with E-state index in [0.717, 1.165) is 6.42 Å². The molecule has 0 heterocycles. The zero-order valence-electron chi connectivity index (χ0n) is 10.6. The first kappa shape index (κ1) is 13.0. The van der Waals surface area contributed by atoms with E-state index in [4.69, 9.17) is 0 Å². The molecular weight excluding hydrogens is 198 g/mol. The molecule has 0 aromatic rings. The number of allylic oxidation sites excluding steroid dienone is 3. The molecule has 0 aromatic carbocycles. The molecule has 1 aliphatic rings. The Labute approximate surface area is 98.8 Å². The SMILES string of the molecule is CC(C)(C)C(=O)NC/C=C\C1CC=CCC1. The van der Waals surface area contributed by atoms with Crippen molar-refractivity contribution >= 4 is 5.91 Å². The Kier molecular flexibility index (Phi) is 4.78. The van der Waals surface area contributed by atoms with Crippen LogP contribution in [0, 0.1) is 11.3 Å². The van der Waals surface area contributed by atoms with E-state index in [-0.39, 0.29) is 11.3 Å². The number of rotatable bonds is 3. The summed E-state index contributed by atoms with van der Waals surface area (Å²) in [6.07, 6.45) is 12.4. The van der Waals surface area contributed by atoms with E-state index in [1.165, 1.54) is 12.8 Å². The lowest BCUT2D eigenvalue weighted by molar-refractivity contribution is -0.128. The highest BCUT2D eigenvalue weighted by Crippen LogP contribution is 2.18. The highest BCUT2D eigenvalue weighted by Gasteiger charge is 2.19. The van der Waals surface area contributed by atoms with Gasteiger partial charge in [-0.3, -0.25) is 4.79 Å². The predicted molar refractivity (Wildman–Crippen MR) is 68.1 cm³/mol. The van der Waals surface area contributed by atoms with Crippen molar-refractivity contribution < 1.29 is 4.79 Å². The van der Waals surface area contributed by atoms with Crippen molar-refractivity contribution in [3.8, 4) is 0 Å². The maximum Gasteiger partial charge on any atom is 0.225 e. The molecule has 2 heteroatoms. The van der Waals surface area contributed by atoms with Gasteiger partial charge in [0.05, 0.1) is 0 Å². The van der Waals surface area contributed by atoms with Crippen LogP contribution < -0.4 is 5.32 Å². The largest absolute Gasteiger partial charge is 0.352 e. The molecule has 1 amide bonds. The van der Waals surface area contributed by atoms with Gasteiger partial charge in [-0.25, -0.2) is 0 Å². The Morgan fingerprint density at radius 3 is 2.75 bits per heavy atom. The monoisotopic (exact) mass is 221 g/mol. The molecule has 1 N–H and O–H groups in total. The molecule has 1 atom stereocenters. The summed E-state index contributed by atoms with van der Waals surface area (Å²) < 4.78 is 0. The zero-order chi connectivity index (χ0) is 12.0. The second-order valence-electron chi connectivity index (χ2n) is 5.43. The van der Waals surface area contributed by atoms with Crippen LogP contribution >= 0.6 is 0 Å². The summed E-state index contributed by atoms with van der Waals surface area (Å²) in [5.41, 5.74) is -0.290. The van der Waals surface area contributed by atoms with Crippen LogP contribution in [0.25, 0.3) is 0 Å². The highest BCUT2D eigenvalue weighted by molar-refractivity contribution is 5.81. The molecule has 0 spiro atoms. The average Bonchev–Trinajstić information content (AvgIpc) is 2.24. The van der Waals surface area contributed by atoms with Crippen molar-refractivity contribution in [3.05, 3.63) is 24.3 Å². The van der Waals surface area contributed by atoms with Crippen molar-refractivity contribution in [1.82, 2.24) is 5.32 Å². The van der Waals surface area contributed by atoms with E-state index >= 15 is 0 Å². The second-order valence-corrected chi connectivity index (χ2v) is 5.43. The van der Waals surface area contributed by atoms with Gasteiger partial charge in [0.2, 0.25) is 5.91 Å². The Bertz CT molecular complexity index is 284. The molecule has 0 aliphatic heterocycles. The molecule has 2 nitrogen and oxygen atoms in total. The van der Waals surface area contributed by atoms with Gasteiger partial charge < -0.3 is 5.32 Å². The normalized spacial score (nSPS) is 21.3. The first-order valence-electron chi connectivity index (χ1n) is 6.10. The summed E-state index contributed by atoms with van der Waals surface area (Å²) in [5, 5.41) is 2.92. The summed E-state index contributed by atoms with van der Waals surface area (Å²) >= 11 is 0. The van der Waals surface area contributed by atoms with Gasteiger partial charge in [0.1, 0.15) is 0 Å². The van der Waals surface area contributed by atoms with Gasteiger partial charge in [0.25, 0.3) is 0 Å². The van der Waals surface area contributed by atoms with Crippen LogP contribution in [0.1, 0.15) is 40.0 Å². The fraction of sp³-hybridized carbons (Fsp3) is 0.643. The minimum atomic E-state index is -0.290. The number of hydrogen-bond donors (Lipinski definition) is 1. The molecule has 0 saturated heterocycles. The van der Waals surface area contributed by atoms with Crippen LogP contribution in [0.4, 0.5) is 0 Å². The summed E-state index contributed by atoms with van der Waals surface area (Å²) in [6.45, 7) is 6.43. The van der Waals surface area contributed by atoms with Gasteiger partial charge in [-0.1, -0.05) is 45.1 Å². The molecular formula is C14H23NO. The summed E-state index contributed by atoms with van der Waals surface area (Å²) in [5.74, 6) is 0.775. The van der Waals surface area contributed by atoms with Crippen LogP contribution in [0.3, 0.4) is 0 Å². The Morgan fingerprint density at radius 1 is 1.44 bits per heavy atom. The lowest BCUT2D eigenvalue weighted by Gasteiger charge is -2.17. The van der Waals surface area contributed by atoms with Crippen LogP contribution in [0.15, 0.2) is 24.3 Å². The fourth-order valence-corrected chi connectivity index (χ4v) is 1.67. The van der Waals surface area contributed by atoms with E-state index in [9.17, 15) is 4.79 Å². The molecule has 0 radical (unpaired) electrons. The fourth-order valence-electron chi connectivity index (χ4n) is 1.67. The molecule has 1 unspecified atom stereocenters. The molecule has 0 fully saturated rings. The van der Waals surface area contributed by atoms with Crippen LogP contribution in [0.2, 0.25) is 0 Å². The van der Waals surface area contributed by atoms with Crippen molar-refractivity contribution in [2.75, 3.05) is 6.54 Å². The third-order valence-electron chi connectivity index (χ3n) is 2.78. The minimum absolute atomic E-state index is 0.112. The number of amides is 1. The number of nitrogens with one attached hydrogen (secondary N) is 1. The zero-order valence-corrected chi connectivity index (χ0v) is 10.6. The standard InChI is InChI=1S/C14H23NO/c1-14(2,3)13(16)15-11-7-10-12-8-5-4-6-9-12/h4-5,7,10,12H,6,8-9,11H2,1-3H3,(H,15,16)/b10-7-. The number of hydrogen-bond acceptors (Lipinski definition) is 1. The lowest BCUT2D eigenvalue weighted by Crippen LogP contribution is -2.34. The van der Waals surface area contributed by atoms with Crippen molar-refractivity contribution in [2.45, 2.75) is 40.0 Å². The molecule has 90 valence electrons. The van der Waals surface area contributed by atoms with Crippen molar-refractivity contribution in [2.24, 2.45) is 11.3 Å². The van der Waals surface area contributed by atoms with Crippen LogP contribution in [0.5, 0.6) is 0 Å². The summed E-state index contributed by atoms with van der Waals surface area (Å²) in [6, 6.07) is 0. The maximum atomic E-state index is 11.6. The van der Waals surface area contributed by atoms with E-state index in [0.29, 0.717) is 12.5 Å². The lowest BCUT2D eigenvalue weighted by atomic mass is 9.94. The minimum Gasteiger partial charge on any atom is -0.352 e. The molecule has 0 aromatic heterocycles. The summed E-state index contributed by atoms with van der Waals surface area (Å²) in [7, 11) is 0. The summed E-state index contributed by atoms with van der Waals surface area (Å²) in [4.78, 5) is 11.6. The number of carbonyl (C=O) groups excluding carboxylic acids is 1. The molecule has 1 aliphatic carbocycles. The highest BCUT2D eigenvalue weighted by atomic mass is 16.2. The Morgan fingerprint density at radius 2 is 2.19 bits per heavy atom. The second kappa shape index (κ2) is 5.88. The predicted octanol–water partition coefficient (Wildman–Crippen LogP) is 3.06. The molecule has 0 saturated carbocycles. The van der Waals surface area contributed by atoms with Gasteiger partial charge in [-0.05, 0) is 25.2 Å². The van der Waals surface area contributed by atoms with Crippen LogP contribution in [-0.2, 0) is 4.79 Å². The van der Waals surface area contributed by atoms with Gasteiger partial charge in [0, 0.05) is 12.0 Å². The van der Waals surface area contributed by atoms with Gasteiger partial charge in [0.15, 0.2) is 0 Å². The van der Waals surface area contributed by atoms with Gasteiger partial charge >= 0.3 is 0 Å². The van der Waals surface area contributed by atoms with Crippen LogP contribution in [-0.4, -0.2) is 12.5 Å². The molecule has 1 rings (SSSR count). The third-order valence-corrected chi connectivity index (χ3v) is 2.78. The average molecular weight is 221 g/mol. The maximum absolute atomic E-state index is 11.6. The van der Waals surface area contributed by atoms with E-state index in [1.807, 2.05) is 20.8 Å². The first-order valence-corrected chi connectivity index (χ1v) is 6.10. The van der Waals surface area contributed by atoms with E-state index in [2.05, 4.69) is 29.6 Å². The molecule has 0 bridgehead atoms. The quantitative estimate of drug-likeness (QED) is 0.729. The number of carbonyl (C=O) groups is 1. The Balaban J connectivity index is 2.22. The van der Waals surface area contributed by atoms with Crippen molar-refractivity contribution in [1.29, 1.82) is 0 Å².